The van der Waals surface area contributed by atoms with Gasteiger partial charge in [0.05, 0.1) is 35.8 Å². The van der Waals surface area contributed by atoms with Gasteiger partial charge in [-0.25, -0.2) is 4.98 Å². The average Bonchev–Trinajstić information content (AvgIpc) is 3.54. The largest absolute Gasteiger partial charge is 0.461 e. The second-order valence-electron chi connectivity index (χ2n) is 16.0. The minimum absolute atomic E-state index is 0.212. The van der Waals surface area contributed by atoms with Crippen molar-refractivity contribution in [2.45, 2.75) is 148 Å². The van der Waals surface area contributed by atoms with E-state index < -0.39 is 17.6 Å². The van der Waals surface area contributed by atoms with Crippen LogP contribution < -0.4 is 0 Å². The molecule has 0 unspecified atom stereocenters. The van der Waals surface area contributed by atoms with Gasteiger partial charge in [0.1, 0.15) is 11.9 Å². The molecule has 7 atom stereocenters. The van der Waals surface area contributed by atoms with Gasteiger partial charge in [-0.05, 0) is 119 Å². The van der Waals surface area contributed by atoms with Crippen LogP contribution in [-0.2, 0) is 21.4 Å². The summed E-state index contributed by atoms with van der Waals surface area (Å²) in [5, 5.41) is 30.4. The summed E-state index contributed by atoms with van der Waals surface area (Å²) in [4.78, 5) is 18.0. The number of esters is 1. The van der Waals surface area contributed by atoms with Gasteiger partial charge < -0.3 is 24.5 Å². The minimum Gasteiger partial charge on any atom is -0.461 e. The third-order valence-electron chi connectivity index (χ3n) is 12.2. The molecule has 3 N–H and O–H groups in total. The van der Waals surface area contributed by atoms with E-state index in [0.29, 0.717) is 36.5 Å². The van der Waals surface area contributed by atoms with E-state index in [2.05, 4.69) is 39.5 Å². The Labute approximate surface area is 276 Å². The first-order chi connectivity index (χ1) is 21.8. The Kier molecular flexibility index (Phi) is 10.8. The van der Waals surface area contributed by atoms with Crippen LogP contribution in [0.4, 0.5) is 0 Å². The van der Waals surface area contributed by atoms with Gasteiger partial charge in [0.25, 0.3) is 0 Å². The average molecular weight is 638 g/mol. The number of aryl methyl sites for hydroxylation is 1. The van der Waals surface area contributed by atoms with Crippen molar-refractivity contribution in [3.05, 3.63) is 53.3 Å². The fraction of sp³-hybridized carbons (Fsp3) is 0.744. The molecule has 0 radical (unpaired) electrons. The fourth-order valence-electron chi connectivity index (χ4n) is 8.91. The Morgan fingerprint density at radius 3 is 2.67 bits per heavy atom. The summed E-state index contributed by atoms with van der Waals surface area (Å²) < 4.78 is 12.6. The highest BCUT2D eigenvalue weighted by Crippen LogP contribution is 2.60. The highest BCUT2D eigenvalue weighted by atomic mass is 16.5. The molecule has 4 aliphatic rings. The predicted octanol–water partition coefficient (Wildman–Crippen LogP) is 7.54. The van der Waals surface area contributed by atoms with Crippen LogP contribution in [0.3, 0.4) is 0 Å². The first-order valence-electron chi connectivity index (χ1n) is 18.1. The number of allylic oxidation sites excluding steroid dienone is 3. The van der Waals surface area contributed by atoms with E-state index >= 15 is 0 Å². The van der Waals surface area contributed by atoms with Gasteiger partial charge in [0, 0.05) is 12.8 Å². The van der Waals surface area contributed by atoms with Crippen molar-refractivity contribution in [1.29, 1.82) is 0 Å². The number of rotatable bonds is 13. The molecule has 0 aliphatic heterocycles. The van der Waals surface area contributed by atoms with E-state index in [4.69, 9.17) is 14.1 Å². The summed E-state index contributed by atoms with van der Waals surface area (Å²) in [5.41, 5.74) is 2.07. The summed E-state index contributed by atoms with van der Waals surface area (Å²) in [5.74, 6) is 2.81. The Morgan fingerprint density at radius 1 is 1.22 bits per heavy atom. The quantitative estimate of drug-likeness (QED) is 0.192. The van der Waals surface area contributed by atoms with Crippen LogP contribution in [0, 0.1) is 28.6 Å². The normalized spacial score (nSPS) is 32.4. The number of aromatic nitrogens is 1. The molecule has 5 rings (SSSR count). The highest BCUT2D eigenvalue weighted by molar-refractivity contribution is 5.76. The SMILES string of the molecule is C=C1/C(=C\C=C2/CCC[C@]3(C)[C@@H]([C@H](C)CC[C@@H](OC(=O)C(C)(C)CO)C4(c5ncc(CCCC)o5)CC4)CC[C@@H]23)C[C@@H](O)C[C@@H]1O. The molecule has 4 fully saturated rings. The highest BCUT2D eigenvalue weighted by Gasteiger charge is 2.57. The number of ether oxygens (including phenoxy) is 1. The smallest absolute Gasteiger partial charge is 0.314 e. The molecular weight excluding hydrogens is 578 g/mol. The van der Waals surface area contributed by atoms with Crippen LogP contribution in [-0.4, -0.2) is 51.2 Å². The number of carbonyl (C=O) groups is 1. The molecule has 0 saturated heterocycles. The maximum absolute atomic E-state index is 13.3. The van der Waals surface area contributed by atoms with Crippen molar-refractivity contribution in [3.8, 4) is 0 Å². The summed E-state index contributed by atoms with van der Waals surface area (Å²) in [6.07, 6.45) is 18.0. The van der Waals surface area contributed by atoms with Crippen LogP contribution in [0.2, 0.25) is 0 Å². The van der Waals surface area contributed by atoms with E-state index in [1.165, 1.54) is 31.3 Å². The van der Waals surface area contributed by atoms with Crippen LogP contribution in [0.15, 0.2) is 46.1 Å². The van der Waals surface area contributed by atoms with Gasteiger partial charge in [0.2, 0.25) is 5.89 Å². The second-order valence-corrected chi connectivity index (χ2v) is 16.0. The third kappa shape index (κ3) is 7.12. The lowest BCUT2D eigenvalue weighted by Gasteiger charge is -2.44. The molecule has 1 aromatic rings. The topological polar surface area (TPSA) is 113 Å². The molecule has 0 amide bonds. The minimum atomic E-state index is -0.963. The molecule has 0 bridgehead atoms. The Morgan fingerprint density at radius 2 is 1.98 bits per heavy atom. The summed E-state index contributed by atoms with van der Waals surface area (Å²) in [7, 11) is 0. The van der Waals surface area contributed by atoms with Crippen molar-refractivity contribution in [1.82, 2.24) is 4.98 Å². The first-order valence-corrected chi connectivity index (χ1v) is 18.1. The second kappa shape index (κ2) is 14.1. The van der Waals surface area contributed by atoms with E-state index in [1.54, 1.807) is 13.8 Å². The number of aliphatic hydroxyl groups is 3. The van der Waals surface area contributed by atoms with Crippen molar-refractivity contribution in [3.63, 3.8) is 0 Å². The zero-order valence-electron chi connectivity index (χ0n) is 29.0. The monoisotopic (exact) mass is 637 g/mol. The summed E-state index contributed by atoms with van der Waals surface area (Å²) in [6.45, 7) is 14.4. The molecule has 1 heterocycles. The lowest BCUT2D eigenvalue weighted by Crippen LogP contribution is -2.39. The van der Waals surface area contributed by atoms with Crippen LogP contribution >= 0.6 is 0 Å². The predicted molar refractivity (Wildman–Crippen MR) is 180 cm³/mol. The van der Waals surface area contributed by atoms with Gasteiger partial charge in [-0.3, -0.25) is 4.79 Å². The van der Waals surface area contributed by atoms with E-state index in [1.807, 2.05) is 6.20 Å². The maximum Gasteiger partial charge on any atom is 0.314 e. The van der Waals surface area contributed by atoms with E-state index in [-0.39, 0.29) is 29.5 Å². The number of oxazole rings is 1. The van der Waals surface area contributed by atoms with Crippen LogP contribution in [0.25, 0.3) is 0 Å². The van der Waals surface area contributed by atoms with Crippen LogP contribution in [0.1, 0.15) is 130 Å². The standard InChI is InChI=1S/C39H59NO6/c1-7-8-11-30-23-40-35(45-30)39(19-20-39)34(46-36(44)37(4,5)24-41)17-12-25(2)31-15-16-32-27(10-9-18-38(31,32)6)13-14-28-21-29(42)22-33(43)26(28)3/h13-14,23,25,29,31-34,41-43H,3,7-12,15-22,24H2,1-2,4-6H3/b27-13+,28-14-/t25-,29-,31-,32+,33+,34-,38-/m1/s1. The molecule has 4 saturated carbocycles. The molecule has 46 heavy (non-hydrogen) atoms. The zero-order chi connectivity index (χ0) is 33.3. The van der Waals surface area contributed by atoms with Crippen LogP contribution in [0.5, 0.6) is 0 Å². The maximum atomic E-state index is 13.3. The Bertz CT molecular complexity index is 1300. The zero-order valence-corrected chi connectivity index (χ0v) is 29.0. The van der Waals surface area contributed by atoms with E-state index in [0.717, 1.165) is 68.3 Å². The molecular formula is C39H59NO6. The van der Waals surface area contributed by atoms with Gasteiger partial charge >= 0.3 is 5.97 Å². The van der Waals surface area contributed by atoms with Gasteiger partial charge in [-0.2, -0.15) is 0 Å². The lowest BCUT2D eigenvalue weighted by molar-refractivity contribution is -0.164. The molecule has 256 valence electrons. The number of unbranched alkanes of at least 4 members (excludes halogenated alkanes) is 1. The number of fused-ring (bicyclic) bond motifs is 1. The Balaban J connectivity index is 1.30. The molecule has 1 aromatic heterocycles. The van der Waals surface area contributed by atoms with Gasteiger partial charge in [0.15, 0.2) is 0 Å². The van der Waals surface area contributed by atoms with Crippen molar-refractivity contribution in [2.24, 2.45) is 28.6 Å². The molecule has 0 aromatic carbocycles. The molecule has 7 heteroatoms. The number of hydrogen-bond acceptors (Lipinski definition) is 7. The number of carbonyl (C=O) groups excluding carboxylic acids is 1. The number of hydrogen-bond donors (Lipinski definition) is 3. The first kappa shape index (κ1) is 35.1. The van der Waals surface area contributed by atoms with Gasteiger partial charge in [-0.15, -0.1) is 0 Å². The molecule has 4 aliphatic carbocycles. The number of aliphatic hydroxyl groups excluding tert-OH is 3. The molecule has 7 nitrogen and oxygen atoms in total. The van der Waals surface area contributed by atoms with Crippen molar-refractivity contribution in [2.75, 3.05) is 6.61 Å². The number of nitrogens with zero attached hydrogens (tertiary/aromatic N) is 1. The van der Waals surface area contributed by atoms with Gasteiger partial charge in [-0.1, -0.05) is 51.5 Å². The summed E-state index contributed by atoms with van der Waals surface area (Å²) in [6, 6.07) is 0. The van der Waals surface area contributed by atoms with Crippen molar-refractivity contribution >= 4 is 5.97 Å². The lowest BCUT2D eigenvalue weighted by atomic mass is 9.60. The third-order valence-corrected chi connectivity index (χ3v) is 12.2. The van der Waals surface area contributed by atoms with E-state index in [9.17, 15) is 20.1 Å². The Hall–Kier alpha value is -2.22. The fourth-order valence-corrected chi connectivity index (χ4v) is 8.91. The summed E-state index contributed by atoms with van der Waals surface area (Å²) >= 11 is 0. The van der Waals surface area contributed by atoms with Crippen molar-refractivity contribution < 1.29 is 29.3 Å². The molecule has 0 spiro atoms.